The minimum atomic E-state index is -0.535. The Kier molecular flexibility index (Phi) is 7.81. The fourth-order valence-corrected chi connectivity index (χ4v) is 5.04. The van der Waals surface area contributed by atoms with Crippen LogP contribution in [0.2, 0.25) is 0 Å². The molecule has 2 saturated heterocycles. The van der Waals surface area contributed by atoms with E-state index in [1.54, 1.807) is 0 Å². The zero-order valence-electron chi connectivity index (χ0n) is 22.1. The number of likely N-dealkylation sites (N-methyl/N-ethyl adjacent to an activating group) is 1. The Bertz CT molecular complexity index is 936. The zero-order valence-corrected chi connectivity index (χ0v) is 22.1. The third-order valence-electron chi connectivity index (χ3n) is 7.11. The van der Waals surface area contributed by atoms with E-state index in [1.807, 2.05) is 16.8 Å². The molecule has 3 aliphatic heterocycles. The van der Waals surface area contributed by atoms with E-state index in [0.29, 0.717) is 18.3 Å². The topological polar surface area (TPSA) is 87.1 Å². The van der Waals surface area contributed by atoms with Gasteiger partial charge in [0.15, 0.2) is 0 Å². The van der Waals surface area contributed by atoms with Crippen LogP contribution in [0, 0.1) is 16.7 Å². The third-order valence-corrected chi connectivity index (χ3v) is 7.11. The average Bonchev–Trinajstić information content (AvgIpc) is 3.18. The van der Waals surface area contributed by atoms with Crippen molar-refractivity contribution < 1.29 is 4.79 Å². The number of amides is 1. The lowest BCUT2D eigenvalue weighted by atomic mass is 9.97. The van der Waals surface area contributed by atoms with E-state index in [1.165, 1.54) is 37.1 Å². The number of carbonyl (C=O) groups excluding carboxylic acids is 1. The minimum absolute atomic E-state index is 0.0780. The molecule has 8 heteroatoms. The molecule has 4 aliphatic rings. The van der Waals surface area contributed by atoms with Crippen LogP contribution >= 0.6 is 0 Å². The molecule has 0 saturated carbocycles. The largest absolute Gasteiger partial charge is 0.358 e. The highest BCUT2D eigenvalue weighted by atomic mass is 16.2. The number of fused-ring (bicyclic) bond motifs is 1. The summed E-state index contributed by atoms with van der Waals surface area (Å²) < 4.78 is 0. The van der Waals surface area contributed by atoms with Gasteiger partial charge in [-0.3, -0.25) is 20.4 Å². The van der Waals surface area contributed by atoms with Crippen LogP contribution < -0.4 is 10.6 Å². The van der Waals surface area contributed by atoms with Gasteiger partial charge in [-0.25, -0.2) is 4.99 Å². The fraction of sp³-hybridized carbons (Fsp3) is 0.667. The summed E-state index contributed by atoms with van der Waals surface area (Å²) >= 11 is 0. The molecule has 0 aromatic carbocycles. The quantitative estimate of drug-likeness (QED) is 0.562. The molecule has 1 amide bonds. The Labute approximate surface area is 210 Å². The molecule has 3 heterocycles. The van der Waals surface area contributed by atoms with Crippen molar-refractivity contribution in [2.45, 2.75) is 59.2 Å². The van der Waals surface area contributed by atoms with Gasteiger partial charge in [0, 0.05) is 26.3 Å². The normalized spacial score (nSPS) is 29.5. The highest BCUT2D eigenvalue weighted by Gasteiger charge is 2.38. The molecule has 0 aromatic rings. The van der Waals surface area contributed by atoms with Crippen molar-refractivity contribution in [3.05, 3.63) is 35.6 Å². The van der Waals surface area contributed by atoms with Crippen LogP contribution in [0.3, 0.4) is 0 Å². The Morgan fingerprint density at radius 3 is 2.74 bits per heavy atom. The average molecular weight is 482 g/mol. The van der Waals surface area contributed by atoms with E-state index in [9.17, 15) is 4.79 Å². The van der Waals surface area contributed by atoms with Gasteiger partial charge in [0.2, 0.25) is 5.91 Å². The molecule has 0 bridgehead atoms. The molecule has 4 rings (SSSR count). The van der Waals surface area contributed by atoms with Crippen LogP contribution in [-0.4, -0.2) is 90.8 Å². The van der Waals surface area contributed by atoms with Gasteiger partial charge < -0.3 is 15.1 Å². The molecule has 0 spiro atoms. The number of piperazine rings is 1. The van der Waals surface area contributed by atoms with Crippen LogP contribution in [0.4, 0.5) is 0 Å². The second-order valence-corrected chi connectivity index (χ2v) is 11.7. The van der Waals surface area contributed by atoms with Gasteiger partial charge in [-0.1, -0.05) is 45.9 Å². The van der Waals surface area contributed by atoms with Gasteiger partial charge in [-0.15, -0.1) is 0 Å². The van der Waals surface area contributed by atoms with Crippen molar-refractivity contribution >= 4 is 17.6 Å². The Hall–Kier alpha value is -2.45. The molecule has 0 radical (unpaired) electrons. The van der Waals surface area contributed by atoms with E-state index < -0.39 is 6.04 Å². The van der Waals surface area contributed by atoms with Gasteiger partial charge >= 0.3 is 0 Å². The summed E-state index contributed by atoms with van der Waals surface area (Å²) in [5, 5.41) is 15.3. The summed E-state index contributed by atoms with van der Waals surface area (Å²) in [4.78, 5) is 24.2. The summed E-state index contributed by atoms with van der Waals surface area (Å²) in [6.07, 6.45) is 12.3. The highest BCUT2D eigenvalue weighted by molar-refractivity contribution is 6.13. The molecule has 3 unspecified atom stereocenters. The summed E-state index contributed by atoms with van der Waals surface area (Å²) in [5.74, 6) is 1.39. The second kappa shape index (κ2) is 10.7. The second-order valence-electron chi connectivity index (χ2n) is 11.7. The number of aliphatic imine (C=N–C) groups is 1. The summed E-state index contributed by atoms with van der Waals surface area (Å²) in [7, 11) is 1.91. The number of allylic oxidation sites excluding steroid dienone is 3. The predicted octanol–water partition coefficient (Wildman–Crippen LogP) is 2.57. The molecule has 192 valence electrons. The molecular formula is C27H43N7O. The van der Waals surface area contributed by atoms with Crippen LogP contribution in [-0.2, 0) is 4.79 Å². The van der Waals surface area contributed by atoms with Crippen molar-refractivity contribution in [2.75, 3.05) is 46.3 Å². The van der Waals surface area contributed by atoms with Crippen molar-refractivity contribution in [1.29, 1.82) is 5.41 Å². The third kappa shape index (κ3) is 6.61. The number of rotatable bonds is 5. The first kappa shape index (κ1) is 25.6. The molecule has 2 fully saturated rings. The number of nitrogens with one attached hydrogen (secondary N) is 3. The van der Waals surface area contributed by atoms with E-state index in [4.69, 9.17) is 10.4 Å². The predicted molar refractivity (Wildman–Crippen MR) is 142 cm³/mol. The summed E-state index contributed by atoms with van der Waals surface area (Å²) in [6.45, 7) is 13.8. The van der Waals surface area contributed by atoms with Crippen LogP contribution in [0.15, 0.2) is 40.6 Å². The first-order chi connectivity index (χ1) is 16.6. The molecule has 3 N–H and O–H groups in total. The minimum Gasteiger partial charge on any atom is -0.358 e. The Balaban J connectivity index is 1.64. The van der Waals surface area contributed by atoms with Crippen LogP contribution in [0.1, 0.15) is 47.0 Å². The first-order valence-corrected chi connectivity index (χ1v) is 13.1. The van der Waals surface area contributed by atoms with E-state index in [2.05, 4.69) is 67.7 Å². The smallest absolute Gasteiger partial charge is 0.240 e. The Morgan fingerprint density at radius 2 is 2.03 bits per heavy atom. The van der Waals surface area contributed by atoms with Gasteiger partial charge in [-0.05, 0) is 54.8 Å². The maximum Gasteiger partial charge on any atom is 0.240 e. The first-order valence-electron chi connectivity index (χ1n) is 13.1. The lowest BCUT2D eigenvalue weighted by Gasteiger charge is -2.35. The van der Waals surface area contributed by atoms with Crippen LogP contribution in [0.5, 0.6) is 0 Å². The SMILES string of the molecule is CC1CC=CC(CN2CCCC2)=CC1=CN1CC(=O)NC2C(=N)N(C)CC(NCC(C)(C)C)N=C21. The number of carbonyl (C=O) groups is 1. The molecule has 1 aliphatic carbocycles. The van der Waals surface area contributed by atoms with E-state index >= 15 is 0 Å². The van der Waals surface area contributed by atoms with E-state index in [0.717, 1.165) is 25.3 Å². The van der Waals surface area contributed by atoms with Crippen molar-refractivity contribution in [2.24, 2.45) is 16.3 Å². The molecule has 0 aromatic heterocycles. The summed E-state index contributed by atoms with van der Waals surface area (Å²) in [6, 6.07) is -0.535. The molecule has 3 atom stereocenters. The van der Waals surface area contributed by atoms with Crippen LogP contribution in [0.25, 0.3) is 0 Å². The number of nitrogens with zero attached hydrogens (tertiary/aromatic N) is 4. The number of hydrogen-bond donors (Lipinski definition) is 3. The molecule has 8 nitrogen and oxygen atoms in total. The summed E-state index contributed by atoms with van der Waals surface area (Å²) in [5.41, 5.74) is 2.66. The van der Waals surface area contributed by atoms with E-state index in [-0.39, 0.29) is 24.0 Å². The van der Waals surface area contributed by atoms with Crippen molar-refractivity contribution in [3.8, 4) is 0 Å². The highest BCUT2D eigenvalue weighted by Crippen LogP contribution is 2.26. The Morgan fingerprint density at radius 1 is 1.29 bits per heavy atom. The maximum absolute atomic E-state index is 12.7. The maximum atomic E-state index is 12.7. The van der Waals surface area contributed by atoms with Gasteiger partial charge in [-0.2, -0.15) is 0 Å². The van der Waals surface area contributed by atoms with Gasteiger partial charge in [0.25, 0.3) is 0 Å². The monoisotopic (exact) mass is 481 g/mol. The van der Waals surface area contributed by atoms with Gasteiger partial charge in [0.1, 0.15) is 30.4 Å². The van der Waals surface area contributed by atoms with Crippen molar-refractivity contribution in [1.82, 2.24) is 25.3 Å². The fourth-order valence-electron chi connectivity index (χ4n) is 5.04. The lowest BCUT2D eigenvalue weighted by Crippen LogP contribution is -2.61. The number of likely N-dealkylation sites (tertiary alicyclic amines) is 1. The molecular weight excluding hydrogens is 438 g/mol. The van der Waals surface area contributed by atoms with Gasteiger partial charge in [0.05, 0.1) is 6.54 Å². The van der Waals surface area contributed by atoms with Crippen molar-refractivity contribution in [3.63, 3.8) is 0 Å². The lowest BCUT2D eigenvalue weighted by molar-refractivity contribution is -0.121. The zero-order chi connectivity index (χ0) is 25.2. The molecule has 35 heavy (non-hydrogen) atoms. The number of hydrogen-bond acceptors (Lipinski definition) is 6. The standard InChI is InChI=1S/C27H43N7O/c1-19-9-8-10-20(14-33-11-6-7-12-33)13-21(19)15-34-17-23(35)31-24-25(28)32(5)16-22(30-26(24)34)29-18-27(2,3)4/h8,10,13,15,19,22,24,28-29H,6-7,9,11-12,14,16-18H2,1-5H3,(H,31,35). The number of amidine groups is 2.